The maximum Gasteiger partial charge on any atom is 0.305 e. The third kappa shape index (κ3) is 3.97. The minimum atomic E-state index is -3.55. The molecule has 138 valence electrons. The molecule has 0 spiro atoms. The first-order valence-electron chi connectivity index (χ1n) is 8.27. The van der Waals surface area contributed by atoms with Crippen LogP contribution < -0.4 is 5.32 Å². The van der Waals surface area contributed by atoms with E-state index < -0.39 is 14.9 Å². The van der Waals surface area contributed by atoms with Crippen molar-refractivity contribution in [3.63, 3.8) is 0 Å². The summed E-state index contributed by atoms with van der Waals surface area (Å²) >= 11 is 0. The first-order valence-corrected chi connectivity index (χ1v) is 9.71. The van der Waals surface area contributed by atoms with Crippen molar-refractivity contribution >= 4 is 21.7 Å². The summed E-state index contributed by atoms with van der Waals surface area (Å²) < 4.78 is 27.4. The lowest BCUT2D eigenvalue weighted by atomic mass is 10.2. The number of hydrogen-bond acceptors (Lipinski definition) is 7. The molecule has 2 heterocycles. The van der Waals surface area contributed by atoms with Gasteiger partial charge in [-0.3, -0.25) is 10.1 Å². The molecule has 1 saturated heterocycles. The molecule has 3 rings (SSSR count). The number of nitrogens with zero attached hydrogens (tertiary/aromatic N) is 4. The lowest BCUT2D eigenvalue weighted by molar-refractivity contribution is -0.385. The van der Waals surface area contributed by atoms with Crippen LogP contribution >= 0.6 is 0 Å². The van der Waals surface area contributed by atoms with Gasteiger partial charge in [0.2, 0.25) is 16.0 Å². The highest BCUT2D eigenvalue weighted by Crippen LogP contribution is 2.24. The molecule has 0 atom stereocenters. The molecule has 0 unspecified atom stereocenters. The Morgan fingerprint density at radius 3 is 2.42 bits per heavy atom. The molecule has 0 saturated carbocycles. The fraction of sp³-hybridized carbons (Fsp3) is 0.375. The minimum Gasteiger partial charge on any atom is -0.350 e. The van der Waals surface area contributed by atoms with Crippen LogP contribution in [0, 0.1) is 10.1 Å². The number of benzene rings is 1. The van der Waals surface area contributed by atoms with Crippen LogP contribution in [-0.2, 0) is 16.6 Å². The maximum absolute atomic E-state index is 12.9. The number of piperidine rings is 1. The molecular weight excluding hydrogens is 358 g/mol. The quantitative estimate of drug-likeness (QED) is 0.605. The lowest BCUT2D eigenvalue weighted by Gasteiger charge is -2.26. The Hall–Kier alpha value is -2.59. The summed E-state index contributed by atoms with van der Waals surface area (Å²) in [6.07, 6.45) is 5.00. The summed E-state index contributed by atoms with van der Waals surface area (Å²) in [4.78, 5) is 18.1. The van der Waals surface area contributed by atoms with Crippen LogP contribution in [0.15, 0.2) is 41.6 Å². The molecule has 1 aromatic carbocycles. The third-order valence-corrected chi connectivity index (χ3v) is 6.19. The van der Waals surface area contributed by atoms with E-state index in [0.29, 0.717) is 18.7 Å². The highest BCUT2D eigenvalue weighted by Gasteiger charge is 2.27. The molecule has 0 aliphatic carbocycles. The average molecular weight is 377 g/mol. The predicted molar refractivity (Wildman–Crippen MR) is 95.1 cm³/mol. The van der Waals surface area contributed by atoms with Crippen molar-refractivity contribution in [3.8, 4) is 0 Å². The highest BCUT2D eigenvalue weighted by atomic mass is 32.2. The Labute approximate surface area is 151 Å². The molecule has 1 N–H and O–H groups in total. The van der Waals surface area contributed by atoms with Crippen LogP contribution in [0.5, 0.6) is 0 Å². The molecule has 0 radical (unpaired) electrons. The van der Waals surface area contributed by atoms with Crippen molar-refractivity contribution in [2.45, 2.75) is 30.7 Å². The van der Waals surface area contributed by atoms with Crippen LogP contribution in [0.1, 0.15) is 24.8 Å². The smallest absolute Gasteiger partial charge is 0.305 e. The van der Waals surface area contributed by atoms with Gasteiger partial charge in [-0.15, -0.1) is 0 Å². The first kappa shape index (κ1) is 18.2. The second kappa shape index (κ2) is 7.75. The van der Waals surface area contributed by atoms with E-state index in [1.807, 2.05) is 0 Å². The lowest BCUT2D eigenvalue weighted by Crippen LogP contribution is -2.36. The molecule has 0 amide bonds. The van der Waals surface area contributed by atoms with Gasteiger partial charge >= 0.3 is 5.69 Å². The fourth-order valence-electron chi connectivity index (χ4n) is 2.83. The number of rotatable bonds is 6. The Bertz CT molecular complexity index is 880. The van der Waals surface area contributed by atoms with E-state index in [2.05, 4.69) is 15.3 Å². The zero-order chi connectivity index (χ0) is 18.6. The Kier molecular flexibility index (Phi) is 5.43. The molecule has 1 fully saturated rings. The van der Waals surface area contributed by atoms with E-state index in [1.54, 1.807) is 24.3 Å². The van der Waals surface area contributed by atoms with Gasteiger partial charge in [0, 0.05) is 19.6 Å². The van der Waals surface area contributed by atoms with Gasteiger partial charge in [-0.1, -0.05) is 24.6 Å². The van der Waals surface area contributed by atoms with E-state index in [9.17, 15) is 18.5 Å². The monoisotopic (exact) mass is 377 g/mol. The third-order valence-electron chi connectivity index (χ3n) is 4.19. The van der Waals surface area contributed by atoms with E-state index >= 15 is 0 Å². The Morgan fingerprint density at radius 1 is 1.12 bits per heavy atom. The molecule has 1 aliphatic rings. The summed E-state index contributed by atoms with van der Waals surface area (Å²) in [6.45, 7) is 1.27. The van der Waals surface area contributed by atoms with E-state index in [1.165, 1.54) is 4.31 Å². The van der Waals surface area contributed by atoms with Crippen LogP contribution in [0.25, 0.3) is 0 Å². The van der Waals surface area contributed by atoms with Crippen molar-refractivity contribution < 1.29 is 13.3 Å². The van der Waals surface area contributed by atoms with Crippen molar-refractivity contribution in [1.29, 1.82) is 0 Å². The number of aromatic nitrogens is 2. The number of anilines is 1. The molecule has 1 aromatic heterocycles. The van der Waals surface area contributed by atoms with E-state index in [-0.39, 0.29) is 23.1 Å². The van der Waals surface area contributed by atoms with Crippen LogP contribution in [0.3, 0.4) is 0 Å². The van der Waals surface area contributed by atoms with Gasteiger partial charge in [-0.2, -0.15) is 4.31 Å². The fourth-order valence-corrected chi connectivity index (χ4v) is 4.57. The zero-order valence-electron chi connectivity index (χ0n) is 14.0. The first-order chi connectivity index (χ1) is 12.5. The standard InChI is InChI=1S/C16H19N5O4S/c22-21(23)14-11-18-16(19-12-14)17-10-13-6-2-3-7-15(13)26(24,25)20-8-4-1-5-9-20/h2-3,6-7,11-12H,1,4-5,8-10H2,(H,17,18,19). The molecule has 9 nitrogen and oxygen atoms in total. The summed E-state index contributed by atoms with van der Waals surface area (Å²) in [5.74, 6) is 0.195. The number of nitrogens with one attached hydrogen (secondary N) is 1. The molecule has 26 heavy (non-hydrogen) atoms. The topological polar surface area (TPSA) is 118 Å². The number of nitro groups is 1. The number of hydrogen-bond donors (Lipinski definition) is 1. The van der Waals surface area contributed by atoms with Gasteiger partial charge in [0.1, 0.15) is 12.4 Å². The van der Waals surface area contributed by atoms with Crippen molar-refractivity contribution in [2.24, 2.45) is 0 Å². The molecule has 1 aliphatic heterocycles. The number of sulfonamides is 1. The normalized spacial score (nSPS) is 15.5. The van der Waals surface area contributed by atoms with Gasteiger partial charge in [-0.05, 0) is 24.5 Å². The van der Waals surface area contributed by atoms with Gasteiger partial charge in [-0.25, -0.2) is 18.4 Å². The average Bonchev–Trinajstić information content (AvgIpc) is 2.67. The minimum absolute atomic E-state index is 0.195. The van der Waals surface area contributed by atoms with E-state index in [0.717, 1.165) is 31.7 Å². The molecule has 0 bridgehead atoms. The molecular formula is C16H19N5O4S. The summed E-state index contributed by atoms with van der Waals surface area (Å²) in [5.41, 5.74) is 0.392. The van der Waals surface area contributed by atoms with Crippen LogP contribution in [0.2, 0.25) is 0 Å². The second-order valence-corrected chi connectivity index (χ2v) is 7.85. The summed E-state index contributed by atoms with van der Waals surface area (Å²) in [7, 11) is -3.55. The Morgan fingerprint density at radius 2 is 1.77 bits per heavy atom. The maximum atomic E-state index is 12.9. The van der Waals surface area contributed by atoms with Crippen molar-refractivity contribution in [3.05, 3.63) is 52.3 Å². The largest absolute Gasteiger partial charge is 0.350 e. The zero-order valence-corrected chi connectivity index (χ0v) is 14.9. The van der Waals surface area contributed by atoms with Crippen molar-refractivity contribution in [1.82, 2.24) is 14.3 Å². The van der Waals surface area contributed by atoms with E-state index in [4.69, 9.17) is 0 Å². The highest BCUT2D eigenvalue weighted by molar-refractivity contribution is 7.89. The van der Waals surface area contributed by atoms with Gasteiger partial charge in [0.15, 0.2) is 0 Å². The Balaban J connectivity index is 1.77. The SMILES string of the molecule is O=[N+]([O-])c1cnc(NCc2ccccc2S(=O)(=O)N2CCCCC2)nc1. The van der Waals surface area contributed by atoms with Crippen LogP contribution in [-0.4, -0.2) is 40.7 Å². The summed E-state index contributed by atoms with van der Waals surface area (Å²) in [6, 6.07) is 6.79. The second-order valence-electron chi connectivity index (χ2n) is 5.95. The summed E-state index contributed by atoms with van der Waals surface area (Å²) in [5, 5.41) is 13.5. The molecule has 2 aromatic rings. The van der Waals surface area contributed by atoms with Crippen LogP contribution in [0.4, 0.5) is 11.6 Å². The molecule has 10 heteroatoms. The van der Waals surface area contributed by atoms with Crippen molar-refractivity contribution in [2.75, 3.05) is 18.4 Å². The van der Waals surface area contributed by atoms with Gasteiger partial charge in [0.25, 0.3) is 0 Å². The van der Waals surface area contributed by atoms with Gasteiger partial charge in [0.05, 0.1) is 9.82 Å². The van der Waals surface area contributed by atoms with Gasteiger partial charge < -0.3 is 5.32 Å². The predicted octanol–water partition coefficient (Wildman–Crippen LogP) is 2.17.